The molecule has 3 nitrogen and oxygen atoms in total. The number of rotatable bonds is 4. The summed E-state index contributed by atoms with van der Waals surface area (Å²) < 4.78 is 0. The highest BCUT2D eigenvalue weighted by molar-refractivity contribution is 7.99. The largest absolute Gasteiger partial charge is 0.337 e. The first kappa shape index (κ1) is 15.1. The Labute approximate surface area is 135 Å². The molecular weight excluding hydrogens is 292 g/mol. The lowest BCUT2D eigenvalue weighted by Gasteiger charge is -2.16. The van der Waals surface area contributed by atoms with Gasteiger partial charge in [-0.05, 0) is 43.5 Å². The Balaban J connectivity index is 1.55. The lowest BCUT2D eigenvalue weighted by atomic mass is 10.2. The summed E-state index contributed by atoms with van der Waals surface area (Å²) in [6.45, 7) is 3.60. The van der Waals surface area contributed by atoms with Gasteiger partial charge in [-0.1, -0.05) is 24.3 Å². The van der Waals surface area contributed by atoms with Crippen LogP contribution in [0.1, 0.15) is 22.6 Å². The van der Waals surface area contributed by atoms with Crippen molar-refractivity contribution in [3.05, 3.63) is 59.9 Å². The molecule has 1 aromatic carbocycles. The van der Waals surface area contributed by atoms with Crippen molar-refractivity contribution in [3.63, 3.8) is 0 Å². The van der Waals surface area contributed by atoms with Gasteiger partial charge in [0.1, 0.15) is 5.69 Å². The summed E-state index contributed by atoms with van der Waals surface area (Å²) in [5.41, 5.74) is 1.46. The van der Waals surface area contributed by atoms with Crippen LogP contribution in [0.2, 0.25) is 0 Å². The fourth-order valence-corrected chi connectivity index (χ4v) is 3.76. The number of aromatic nitrogens is 1. The molecule has 114 valence electrons. The van der Waals surface area contributed by atoms with Crippen molar-refractivity contribution < 1.29 is 4.79 Å². The van der Waals surface area contributed by atoms with Gasteiger partial charge in [0, 0.05) is 29.4 Å². The minimum Gasteiger partial charge on any atom is -0.337 e. The zero-order valence-electron chi connectivity index (χ0n) is 12.7. The van der Waals surface area contributed by atoms with Crippen molar-refractivity contribution in [1.82, 2.24) is 9.88 Å². The Hall–Kier alpha value is -1.81. The molecule has 1 saturated heterocycles. The monoisotopic (exact) mass is 312 g/mol. The standard InChI is InChI=1S/C18H20N2OS/c1-14-6-5-9-17(19-14)18(21)20-11-10-15(12-20)13-22-16-7-3-2-4-8-16/h2-9,15H,10-13H2,1H3. The molecule has 1 atom stereocenters. The Bertz CT molecular complexity index is 645. The van der Waals surface area contributed by atoms with Gasteiger partial charge in [-0.2, -0.15) is 0 Å². The van der Waals surface area contributed by atoms with E-state index in [1.165, 1.54) is 4.90 Å². The maximum Gasteiger partial charge on any atom is 0.272 e. The molecular formula is C18H20N2OS. The summed E-state index contributed by atoms with van der Waals surface area (Å²) in [7, 11) is 0. The molecule has 0 radical (unpaired) electrons. The van der Waals surface area contributed by atoms with Gasteiger partial charge in [0.05, 0.1) is 0 Å². The van der Waals surface area contributed by atoms with E-state index in [1.807, 2.05) is 41.8 Å². The number of amides is 1. The number of hydrogen-bond donors (Lipinski definition) is 0. The van der Waals surface area contributed by atoms with E-state index in [9.17, 15) is 4.79 Å². The molecule has 0 saturated carbocycles. The van der Waals surface area contributed by atoms with Crippen molar-refractivity contribution >= 4 is 17.7 Å². The zero-order valence-corrected chi connectivity index (χ0v) is 13.6. The number of aryl methyl sites for hydroxylation is 1. The first-order chi connectivity index (χ1) is 10.7. The van der Waals surface area contributed by atoms with Crippen LogP contribution in [0.15, 0.2) is 53.4 Å². The Morgan fingerprint density at radius 1 is 1.23 bits per heavy atom. The molecule has 1 aliphatic rings. The van der Waals surface area contributed by atoms with E-state index in [0.29, 0.717) is 11.6 Å². The minimum atomic E-state index is 0.0657. The Morgan fingerprint density at radius 3 is 2.82 bits per heavy atom. The van der Waals surface area contributed by atoms with Gasteiger partial charge in [-0.15, -0.1) is 11.8 Å². The molecule has 1 fully saturated rings. The number of hydrogen-bond acceptors (Lipinski definition) is 3. The van der Waals surface area contributed by atoms with Crippen LogP contribution in [0.4, 0.5) is 0 Å². The third kappa shape index (κ3) is 3.69. The zero-order chi connectivity index (χ0) is 15.4. The van der Waals surface area contributed by atoms with Crippen LogP contribution >= 0.6 is 11.8 Å². The second kappa shape index (κ2) is 6.97. The molecule has 0 bridgehead atoms. The molecule has 0 N–H and O–H groups in total. The van der Waals surface area contributed by atoms with Crippen LogP contribution in [0.5, 0.6) is 0 Å². The van der Waals surface area contributed by atoms with Gasteiger partial charge >= 0.3 is 0 Å². The normalized spacial score (nSPS) is 17.7. The number of likely N-dealkylation sites (tertiary alicyclic amines) is 1. The molecule has 1 amide bonds. The maximum atomic E-state index is 12.5. The van der Waals surface area contributed by atoms with Crippen molar-refractivity contribution in [3.8, 4) is 0 Å². The van der Waals surface area contributed by atoms with Crippen LogP contribution < -0.4 is 0 Å². The SMILES string of the molecule is Cc1cccc(C(=O)N2CCC(CSc3ccccc3)C2)n1. The van der Waals surface area contributed by atoms with E-state index >= 15 is 0 Å². The van der Waals surface area contributed by atoms with Crippen LogP contribution in [0, 0.1) is 12.8 Å². The van der Waals surface area contributed by atoms with Crippen LogP contribution in [0.3, 0.4) is 0 Å². The predicted molar refractivity (Wildman–Crippen MR) is 90.2 cm³/mol. The van der Waals surface area contributed by atoms with E-state index in [0.717, 1.165) is 31.0 Å². The van der Waals surface area contributed by atoms with E-state index in [2.05, 4.69) is 29.2 Å². The van der Waals surface area contributed by atoms with Crippen LogP contribution in [-0.4, -0.2) is 34.6 Å². The molecule has 2 heterocycles. The number of nitrogens with zero attached hydrogens (tertiary/aromatic N) is 2. The molecule has 3 rings (SSSR count). The van der Waals surface area contributed by atoms with Gasteiger partial charge in [-0.25, -0.2) is 4.98 Å². The molecule has 2 aromatic rings. The first-order valence-electron chi connectivity index (χ1n) is 7.63. The fraction of sp³-hybridized carbons (Fsp3) is 0.333. The number of benzene rings is 1. The molecule has 4 heteroatoms. The van der Waals surface area contributed by atoms with Gasteiger partial charge in [0.15, 0.2) is 0 Å². The van der Waals surface area contributed by atoms with Gasteiger partial charge in [0.2, 0.25) is 0 Å². The number of thioether (sulfide) groups is 1. The average Bonchev–Trinajstić information content (AvgIpc) is 3.02. The molecule has 22 heavy (non-hydrogen) atoms. The quantitative estimate of drug-likeness (QED) is 0.808. The summed E-state index contributed by atoms with van der Waals surface area (Å²) >= 11 is 1.88. The summed E-state index contributed by atoms with van der Waals surface area (Å²) in [5.74, 6) is 1.70. The summed E-state index contributed by atoms with van der Waals surface area (Å²) in [6, 6.07) is 16.1. The highest BCUT2D eigenvalue weighted by Crippen LogP contribution is 2.26. The van der Waals surface area contributed by atoms with E-state index in [-0.39, 0.29) is 5.91 Å². The van der Waals surface area contributed by atoms with Crippen LogP contribution in [0.25, 0.3) is 0 Å². The lowest BCUT2D eigenvalue weighted by Crippen LogP contribution is -2.29. The molecule has 0 spiro atoms. The third-order valence-corrected chi connectivity index (χ3v) is 5.15. The Morgan fingerprint density at radius 2 is 2.05 bits per heavy atom. The van der Waals surface area contributed by atoms with Gasteiger partial charge < -0.3 is 4.90 Å². The number of pyridine rings is 1. The molecule has 1 unspecified atom stereocenters. The van der Waals surface area contributed by atoms with Crippen molar-refractivity contribution in [2.45, 2.75) is 18.2 Å². The summed E-state index contributed by atoms with van der Waals surface area (Å²) in [6.07, 6.45) is 1.08. The van der Waals surface area contributed by atoms with E-state index in [4.69, 9.17) is 0 Å². The molecule has 0 aliphatic carbocycles. The second-order valence-corrected chi connectivity index (χ2v) is 6.79. The van der Waals surface area contributed by atoms with Crippen molar-refractivity contribution in [1.29, 1.82) is 0 Å². The maximum absolute atomic E-state index is 12.5. The predicted octanol–water partition coefficient (Wildman–Crippen LogP) is 3.64. The number of carbonyl (C=O) groups is 1. The average molecular weight is 312 g/mol. The summed E-state index contributed by atoms with van der Waals surface area (Å²) in [5, 5.41) is 0. The topological polar surface area (TPSA) is 33.2 Å². The number of carbonyl (C=O) groups excluding carboxylic acids is 1. The first-order valence-corrected chi connectivity index (χ1v) is 8.62. The lowest BCUT2D eigenvalue weighted by molar-refractivity contribution is 0.0782. The summed E-state index contributed by atoms with van der Waals surface area (Å²) in [4.78, 5) is 20.1. The molecule has 1 aliphatic heterocycles. The van der Waals surface area contributed by atoms with Crippen LogP contribution in [-0.2, 0) is 0 Å². The van der Waals surface area contributed by atoms with Gasteiger partial charge in [-0.3, -0.25) is 4.79 Å². The van der Waals surface area contributed by atoms with Crippen molar-refractivity contribution in [2.24, 2.45) is 5.92 Å². The van der Waals surface area contributed by atoms with E-state index < -0.39 is 0 Å². The van der Waals surface area contributed by atoms with E-state index in [1.54, 1.807) is 6.07 Å². The highest BCUT2D eigenvalue weighted by Gasteiger charge is 2.27. The van der Waals surface area contributed by atoms with Gasteiger partial charge in [0.25, 0.3) is 5.91 Å². The smallest absolute Gasteiger partial charge is 0.272 e. The fourth-order valence-electron chi connectivity index (χ4n) is 2.71. The highest BCUT2D eigenvalue weighted by atomic mass is 32.2. The Kier molecular flexibility index (Phi) is 4.78. The third-order valence-electron chi connectivity index (χ3n) is 3.91. The van der Waals surface area contributed by atoms with Crippen molar-refractivity contribution in [2.75, 3.05) is 18.8 Å². The molecule has 1 aromatic heterocycles. The minimum absolute atomic E-state index is 0.0657. The second-order valence-electron chi connectivity index (χ2n) is 5.69.